The molecule has 11 rings (SSSR count). The summed E-state index contributed by atoms with van der Waals surface area (Å²) in [5.74, 6) is 0. The van der Waals surface area contributed by atoms with E-state index in [1.807, 2.05) is 42.5 Å². The fourth-order valence-corrected chi connectivity index (χ4v) is 10.3. The monoisotopic (exact) mass is 763 g/mol. The van der Waals surface area contributed by atoms with E-state index < -0.39 is 9.84 Å². The van der Waals surface area contributed by atoms with E-state index in [1.54, 1.807) is 12.1 Å². The molecule has 0 saturated carbocycles. The minimum Gasteiger partial charge on any atom is -0.308 e. The lowest BCUT2D eigenvalue weighted by Gasteiger charge is -2.14. The van der Waals surface area contributed by atoms with Gasteiger partial charge >= 0.3 is 0 Å². The zero-order valence-corrected chi connectivity index (χ0v) is 31.5. The first kappa shape index (κ1) is 33.4. The molecule has 272 valence electrons. The Hall–Kier alpha value is -7.91. The van der Waals surface area contributed by atoms with Crippen LogP contribution in [-0.2, 0) is 9.84 Å². The number of sulfone groups is 1. The number of para-hydroxylation sites is 5. The fourth-order valence-electron chi connectivity index (χ4n) is 8.93. The Kier molecular flexibility index (Phi) is 7.24. The summed E-state index contributed by atoms with van der Waals surface area (Å²) < 4.78 is 35.1. The molecular formula is C50H29N5O2S. The van der Waals surface area contributed by atoms with Gasteiger partial charge in [-0.2, -0.15) is 10.5 Å². The van der Waals surface area contributed by atoms with Crippen molar-refractivity contribution in [1.29, 1.82) is 10.5 Å². The maximum atomic E-state index is 14.1. The summed E-state index contributed by atoms with van der Waals surface area (Å²) in [6.07, 6.45) is 0. The van der Waals surface area contributed by atoms with Gasteiger partial charge in [0, 0.05) is 49.4 Å². The standard InChI is InChI=1S/C50H29N5O2S/c51-30-32-23-28-44(33(29-32)31-52)58(56,57)37-26-24-36(25-27-37)55-43-22-12-9-19-40(43)47-49-45(38-17-7-10-20-41(38)53(49)34-13-3-1-4-14-34)48-46(50(47)55)39-18-8-11-21-42(39)54(48)35-15-5-2-6-16-35/h1-29H. The van der Waals surface area contributed by atoms with Gasteiger partial charge in [-0.05, 0) is 84.9 Å². The van der Waals surface area contributed by atoms with Gasteiger partial charge < -0.3 is 13.7 Å². The minimum absolute atomic E-state index is 0.0515. The van der Waals surface area contributed by atoms with Crippen LogP contribution >= 0.6 is 0 Å². The first-order chi connectivity index (χ1) is 28.5. The van der Waals surface area contributed by atoms with E-state index in [2.05, 4.69) is 129 Å². The summed E-state index contributed by atoms with van der Waals surface area (Å²) in [5.41, 5.74) is 9.32. The predicted octanol–water partition coefficient (Wildman–Crippen LogP) is 11.6. The first-order valence-electron chi connectivity index (χ1n) is 18.8. The second kappa shape index (κ2) is 12.6. The molecule has 0 bridgehead atoms. The van der Waals surface area contributed by atoms with E-state index in [1.165, 1.54) is 18.2 Å². The van der Waals surface area contributed by atoms with Gasteiger partial charge in [0.1, 0.15) is 6.07 Å². The van der Waals surface area contributed by atoms with Gasteiger partial charge in [0.25, 0.3) is 0 Å². The molecular weight excluding hydrogens is 735 g/mol. The molecule has 0 amide bonds. The van der Waals surface area contributed by atoms with E-state index in [4.69, 9.17) is 0 Å². The van der Waals surface area contributed by atoms with Crippen LogP contribution in [0, 0.1) is 22.7 Å². The molecule has 0 aliphatic rings. The quantitative estimate of drug-likeness (QED) is 0.174. The zero-order chi connectivity index (χ0) is 39.1. The smallest absolute Gasteiger partial charge is 0.207 e. The number of nitrogens with zero attached hydrogens (tertiary/aromatic N) is 5. The largest absolute Gasteiger partial charge is 0.308 e. The van der Waals surface area contributed by atoms with Gasteiger partial charge in [0.2, 0.25) is 9.84 Å². The van der Waals surface area contributed by atoms with Crippen LogP contribution in [0.25, 0.3) is 82.5 Å². The van der Waals surface area contributed by atoms with Crippen molar-refractivity contribution >= 4 is 75.3 Å². The third-order valence-electron chi connectivity index (χ3n) is 11.3. The summed E-state index contributed by atoms with van der Waals surface area (Å²) in [4.78, 5) is -0.0826. The van der Waals surface area contributed by atoms with E-state index >= 15 is 0 Å². The fraction of sp³-hybridized carbons (Fsp3) is 0. The molecule has 7 nitrogen and oxygen atoms in total. The molecule has 0 atom stereocenters. The van der Waals surface area contributed by atoms with Gasteiger partial charge in [0.15, 0.2) is 0 Å². The maximum absolute atomic E-state index is 14.1. The van der Waals surface area contributed by atoms with Crippen LogP contribution in [0.15, 0.2) is 186 Å². The molecule has 0 fully saturated rings. The number of aromatic nitrogens is 3. The SMILES string of the molecule is N#Cc1ccc(S(=O)(=O)c2ccc(-n3c4ccccc4c4c5c(c6ccccc6n5-c5ccccc5)c5c(c6ccccc6n5-c5ccccc5)c43)cc2)c(C#N)c1. The Balaban J connectivity index is 1.33. The molecule has 0 aliphatic carbocycles. The van der Waals surface area contributed by atoms with E-state index in [0.29, 0.717) is 0 Å². The van der Waals surface area contributed by atoms with Gasteiger partial charge in [-0.15, -0.1) is 0 Å². The Bertz CT molecular complexity index is 3630. The van der Waals surface area contributed by atoms with Crippen molar-refractivity contribution in [2.45, 2.75) is 9.79 Å². The maximum Gasteiger partial charge on any atom is 0.207 e. The predicted molar refractivity (Wildman–Crippen MR) is 231 cm³/mol. The summed E-state index contributed by atoms with van der Waals surface area (Å²) in [5, 5.41) is 25.8. The zero-order valence-electron chi connectivity index (χ0n) is 30.7. The molecule has 3 heterocycles. The Morgan fingerprint density at radius 2 is 0.810 bits per heavy atom. The third kappa shape index (κ3) is 4.61. The highest BCUT2D eigenvalue weighted by molar-refractivity contribution is 7.91. The highest BCUT2D eigenvalue weighted by Gasteiger charge is 2.29. The molecule has 0 spiro atoms. The van der Waals surface area contributed by atoms with Crippen LogP contribution in [0.3, 0.4) is 0 Å². The molecule has 3 aromatic heterocycles. The number of nitriles is 2. The van der Waals surface area contributed by atoms with Crippen molar-refractivity contribution in [3.05, 3.63) is 187 Å². The van der Waals surface area contributed by atoms with Crippen molar-refractivity contribution in [3.8, 4) is 29.2 Å². The Labute approximate surface area is 332 Å². The van der Waals surface area contributed by atoms with Crippen LogP contribution in [-0.4, -0.2) is 22.1 Å². The van der Waals surface area contributed by atoms with Crippen molar-refractivity contribution < 1.29 is 8.42 Å². The van der Waals surface area contributed by atoms with Crippen molar-refractivity contribution in [1.82, 2.24) is 13.7 Å². The molecule has 11 aromatic rings. The van der Waals surface area contributed by atoms with Crippen LogP contribution < -0.4 is 0 Å². The lowest BCUT2D eigenvalue weighted by Crippen LogP contribution is -2.05. The van der Waals surface area contributed by atoms with Crippen molar-refractivity contribution in [2.75, 3.05) is 0 Å². The molecule has 0 unspecified atom stereocenters. The lowest BCUT2D eigenvalue weighted by atomic mass is 10.0. The molecule has 58 heavy (non-hydrogen) atoms. The van der Waals surface area contributed by atoms with Gasteiger partial charge in [-0.3, -0.25) is 0 Å². The average Bonchev–Trinajstić information content (AvgIpc) is 3.93. The number of rotatable bonds is 5. The third-order valence-corrected chi connectivity index (χ3v) is 13.1. The van der Waals surface area contributed by atoms with E-state index in [-0.39, 0.29) is 20.9 Å². The van der Waals surface area contributed by atoms with Crippen molar-refractivity contribution in [2.24, 2.45) is 0 Å². The van der Waals surface area contributed by atoms with E-state index in [0.717, 1.165) is 82.5 Å². The summed E-state index contributed by atoms with van der Waals surface area (Å²) >= 11 is 0. The molecule has 0 saturated heterocycles. The summed E-state index contributed by atoms with van der Waals surface area (Å²) in [6.45, 7) is 0. The first-order valence-corrected chi connectivity index (χ1v) is 20.3. The molecule has 0 aliphatic heterocycles. The summed E-state index contributed by atoms with van der Waals surface area (Å²) in [7, 11) is -4.10. The molecule has 0 N–H and O–H groups in total. The molecule has 0 radical (unpaired) electrons. The second-order valence-corrected chi connectivity index (χ2v) is 16.2. The number of hydrogen-bond donors (Lipinski definition) is 0. The van der Waals surface area contributed by atoms with Crippen molar-refractivity contribution in [3.63, 3.8) is 0 Å². The Morgan fingerprint density at radius 3 is 1.22 bits per heavy atom. The molecule has 8 aromatic carbocycles. The van der Waals surface area contributed by atoms with Gasteiger partial charge in [-0.25, -0.2) is 8.42 Å². The number of benzene rings is 8. The Morgan fingerprint density at radius 1 is 0.414 bits per heavy atom. The van der Waals surface area contributed by atoms with E-state index in [9.17, 15) is 18.9 Å². The normalized spacial score (nSPS) is 11.9. The van der Waals surface area contributed by atoms with Gasteiger partial charge in [-0.1, -0.05) is 91.0 Å². The number of hydrogen-bond acceptors (Lipinski definition) is 4. The average molecular weight is 764 g/mol. The highest BCUT2D eigenvalue weighted by Crippen LogP contribution is 2.50. The minimum atomic E-state index is -4.10. The molecule has 8 heteroatoms. The van der Waals surface area contributed by atoms with Crippen LogP contribution in [0.4, 0.5) is 0 Å². The van der Waals surface area contributed by atoms with Gasteiger partial charge in [0.05, 0.1) is 60.1 Å². The number of fused-ring (bicyclic) bond motifs is 12. The topological polar surface area (TPSA) is 96.5 Å². The highest BCUT2D eigenvalue weighted by atomic mass is 32.2. The summed E-state index contributed by atoms with van der Waals surface area (Å²) in [6, 6.07) is 61.5. The van der Waals surface area contributed by atoms with Crippen LogP contribution in [0.5, 0.6) is 0 Å². The second-order valence-electron chi connectivity index (χ2n) is 14.3. The lowest BCUT2D eigenvalue weighted by molar-refractivity contribution is 0.596. The van der Waals surface area contributed by atoms with Crippen LogP contribution in [0.1, 0.15) is 11.1 Å². The van der Waals surface area contributed by atoms with Crippen LogP contribution in [0.2, 0.25) is 0 Å².